The van der Waals surface area contributed by atoms with E-state index in [0.29, 0.717) is 22.8 Å². The van der Waals surface area contributed by atoms with Crippen molar-refractivity contribution in [3.05, 3.63) is 29.5 Å². The van der Waals surface area contributed by atoms with Crippen molar-refractivity contribution in [2.45, 2.75) is 13.0 Å². The van der Waals surface area contributed by atoms with E-state index in [1.807, 2.05) is 0 Å². The number of anilines is 1. The van der Waals surface area contributed by atoms with Gasteiger partial charge in [0, 0.05) is 31.9 Å². The van der Waals surface area contributed by atoms with Gasteiger partial charge in [0.15, 0.2) is 17.3 Å². The second-order valence-electron chi connectivity index (χ2n) is 5.43. The molecule has 0 spiro atoms. The third-order valence-corrected chi connectivity index (χ3v) is 3.71. The van der Waals surface area contributed by atoms with Crippen LogP contribution in [0.1, 0.15) is 17.3 Å². The summed E-state index contributed by atoms with van der Waals surface area (Å²) in [6.07, 6.45) is 0.505. The predicted molar refractivity (Wildman–Crippen MR) is 85.6 cm³/mol. The van der Waals surface area contributed by atoms with Crippen LogP contribution >= 0.6 is 0 Å². The molecule has 1 aromatic rings. The van der Waals surface area contributed by atoms with Gasteiger partial charge >= 0.3 is 6.09 Å². The molecular formula is C16H20N2O5. The lowest BCUT2D eigenvalue weighted by Gasteiger charge is -2.35. The highest BCUT2D eigenvalue weighted by atomic mass is 16.5. The minimum Gasteiger partial charge on any atom is -0.493 e. The van der Waals surface area contributed by atoms with E-state index in [-0.39, 0.29) is 11.3 Å². The van der Waals surface area contributed by atoms with Crippen molar-refractivity contribution in [3.8, 4) is 11.5 Å². The number of benzene rings is 1. The SMILES string of the molecule is COc1cc2c(cc1OC)N(C(=O)O)C(C)C(=CN(C)C)C2=O. The van der Waals surface area contributed by atoms with E-state index in [1.54, 1.807) is 32.1 Å². The zero-order valence-electron chi connectivity index (χ0n) is 13.8. The number of carboxylic acid groups (broad SMARTS) is 1. The molecule has 1 aromatic carbocycles. The lowest BCUT2D eigenvalue weighted by molar-refractivity contribution is 0.102. The lowest BCUT2D eigenvalue weighted by atomic mass is 9.90. The molecular weight excluding hydrogens is 300 g/mol. The molecule has 1 aliphatic heterocycles. The first-order valence-electron chi connectivity index (χ1n) is 7.02. The Kier molecular flexibility index (Phi) is 4.49. The summed E-state index contributed by atoms with van der Waals surface area (Å²) in [7, 11) is 6.48. The highest BCUT2D eigenvalue weighted by molar-refractivity contribution is 6.18. The fourth-order valence-electron chi connectivity index (χ4n) is 2.66. The molecule has 7 nitrogen and oxygen atoms in total. The van der Waals surface area contributed by atoms with Gasteiger partial charge in [0.2, 0.25) is 0 Å². The summed E-state index contributed by atoms with van der Waals surface area (Å²) in [6, 6.07) is 2.43. The predicted octanol–water partition coefficient (Wildman–Crippen LogP) is 2.22. The topological polar surface area (TPSA) is 79.3 Å². The van der Waals surface area contributed by atoms with Crippen LogP contribution in [0.25, 0.3) is 0 Å². The Balaban J connectivity index is 2.73. The summed E-state index contributed by atoms with van der Waals surface area (Å²) < 4.78 is 10.4. The Labute approximate surface area is 134 Å². The Morgan fingerprint density at radius 1 is 1.26 bits per heavy atom. The zero-order valence-corrected chi connectivity index (χ0v) is 13.8. The lowest BCUT2D eigenvalue weighted by Crippen LogP contribution is -2.45. The van der Waals surface area contributed by atoms with Crippen LogP contribution in [0.5, 0.6) is 11.5 Å². The van der Waals surface area contributed by atoms with E-state index in [0.717, 1.165) is 4.90 Å². The minimum absolute atomic E-state index is 0.223. The van der Waals surface area contributed by atoms with Crippen molar-refractivity contribution >= 4 is 17.6 Å². The van der Waals surface area contributed by atoms with Crippen LogP contribution in [0.15, 0.2) is 23.9 Å². The third-order valence-electron chi connectivity index (χ3n) is 3.71. The number of rotatable bonds is 3. The van der Waals surface area contributed by atoms with Crippen LogP contribution in [0.2, 0.25) is 0 Å². The standard InChI is InChI=1S/C16H20N2O5/c1-9-11(8-17(2)3)15(19)10-6-13(22-4)14(23-5)7-12(10)18(9)16(20)21/h6-9H,1-5H3,(H,20,21). The maximum Gasteiger partial charge on any atom is 0.412 e. The van der Waals surface area contributed by atoms with Gasteiger partial charge in [0.1, 0.15) is 0 Å². The summed E-state index contributed by atoms with van der Waals surface area (Å²) in [4.78, 5) is 27.4. The van der Waals surface area contributed by atoms with Gasteiger partial charge in [-0.15, -0.1) is 0 Å². The van der Waals surface area contributed by atoms with Crippen LogP contribution in [-0.2, 0) is 0 Å². The van der Waals surface area contributed by atoms with Gasteiger partial charge in [-0.25, -0.2) is 4.79 Å². The molecule has 1 aliphatic rings. The molecule has 1 heterocycles. The van der Waals surface area contributed by atoms with E-state index in [4.69, 9.17) is 9.47 Å². The first kappa shape index (κ1) is 16.7. The summed E-state index contributed by atoms with van der Waals surface area (Å²) in [5.41, 5.74) is 0.969. The number of hydrogen-bond donors (Lipinski definition) is 1. The highest BCUT2D eigenvalue weighted by Crippen LogP contribution is 2.41. The second-order valence-corrected chi connectivity index (χ2v) is 5.43. The molecule has 124 valence electrons. The molecule has 0 saturated carbocycles. The molecule has 7 heteroatoms. The van der Waals surface area contributed by atoms with E-state index in [2.05, 4.69) is 0 Å². The Bertz CT molecular complexity index is 681. The number of fused-ring (bicyclic) bond motifs is 1. The van der Waals surface area contributed by atoms with E-state index >= 15 is 0 Å². The summed E-state index contributed by atoms with van der Waals surface area (Å²) in [6.45, 7) is 1.68. The number of amides is 1. The molecule has 2 rings (SSSR count). The maximum atomic E-state index is 12.8. The molecule has 0 radical (unpaired) electrons. The Hall–Kier alpha value is -2.70. The number of hydrogen-bond acceptors (Lipinski definition) is 5. The van der Waals surface area contributed by atoms with Gasteiger partial charge in [-0.05, 0) is 13.0 Å². The fraction of sp³-hybridized carbons (Fsp3) is 0.375. The number of methoxy groups -OCH3 is 2. The molecule has 0 aromatic heterocycles. The largest absolute Gasteiger partial charge is 0.493 e. The van der Waals surface area contributed by atoms with E-state index in [1.165, 1.54) is 26.4 Å². The number of carbonyl (C=O) groups excluding carboxylic acids is 1. The van der Waals surface area contributed by atoms with E-state index < -0.39 is 12.1 Å². The molecule has 1 amide bonds. The molecule has 1 N–H and O–H groups in total. The van der Waals surface area contributed by atoms with Crippen molar-refractivity contribution < 1.29 is 24.2 Å². The molecule has 0 aliphatic carbocycles. The van der Waals surface area contributed by atoms with Crippen LogP contribution in [-0.4, -0.2) is 56.2 Å². The molecule has 1 atom stereocenters. The van der Waals surface area contributed by atoms with Gasteiger partial charge in [-0.2, -0.15) is 0 Å². The number of ether oxygens (including phenoxy) is 2. The molecule has 23 heavy (non-hydrogen) atoms. The first-order valence-corrected chi connectivity index (χ1v) is 7.02. The summed E-state index contributed by atoms with van der Waals surface area (Å²) in [5, 5.41) is 9.59. The molecule has 1 unspecified atom stereocenters. The Morgan fingerprint density at radius 2 is 1.83 bits per heavy atom. The van der Waals surface area contributed by atoms with Crippen molar-refractivity contribution in [1.82, 2.24) is 4.90 Å². The van der Waals surface area contributed by atoms with Crippen molar-refractivity contribution in [2.75, 3.05) is 33.2 Å². The average molecular weight is 320 g/mol. The number of Topliss-reactive ketones (excluding diaryl/α,β-unsaturated/α-hetero) is 1. The molecule has 0 saturated heterocycles. The summed E-state index contributed by atoms with van der Waals surface area (Å²) in [5.74, 6) is 0.529. The van der Waals surface area contributed by atoms with Crippen molar-refractivity contribution in [2.24, 2.45) is 0 Å². The fourth-order valence-corrected chi connectivity index (χ4v) is 2.66. The van der Waals surface area contributed by atoms with Crippen molar-refractivity contribution in [3.63, 3.8) is 0 Å². The van der Waals surface area contributed by atoms with Gasteiger partial charge in [0.25, 0.3) is 0 Å². The van der Waals surface area contributed by atoms with Gasteiger partial charge in [0.05, 0.1) is 31.5 Å². The van der Waals surface area contributed by atoms with Crippen LogP contribution in [0, 0.1) is 0 Å². The smallest absolute Gasteiger partial charge is 0.412 e. The maximum absolute atomic E-state index is 12.8. The zero-order chi connectivity index (χ0) is 17.3. The molecule has 0 fully saturated rings. The van der Waals surface area contributed by atoms with E-state index in [9.17, 15) is 14.7 Å². The van der Waals surface area contributed by atoms with Gasteiger partial charge in [-0.3, -0.25) is 9.69 Å². The second kappa shape index (κ2) is 6.20. The minimum atomic E-state index is -1.14. The first-order chi connectivity index (χ1) is 10.8. The van der Waals surface area contributed by atoms with Gasteiger partial charge < -0.3 is 19.5 Å². The number of nitrogens with zero attached hydrogens (tertiary/aromatic N) is 2. The van der Waals surface area contributed by atoms with Crippen LogP contribution in [0.3, 0.4) is 0 Å². The summed E-state index contributed by atoms with van der Waals surface area (Å²) >= 11 is 0. The number of ketones is 1. The quantitative estimate of drug-likeness (QED) is 0.860. The van der Waals surface area contributed by atoms with Crippen LogP contribution < -0.4 is 14.4 Å². The number of carbonyl (C=O) groups is 2. The average Bonchev–Trinajstić information content (AvgIpc) is 2.49. The van der Waals surface area contributed by atoms with Crippen LogP contribution in [0.4, 0.5) is 10.5 Å². The Morgan fingerprint density at radius 3 is 2.30 bits per heavy atom. The normalized spacial score (nSPS) is 18.7. The van der Waals surface area contributed by atoms with Crippen molar-refractivity contribution in [1.29, 1.82) is 0 Å². The highest BCUT2D eigenvalue weighted by Gasteiger charge is 2.38. The molecule has 0 bridgehead atoms. The third kappa shape index (κ3) is 2.81. The monoisotopic (exact) mass is 320 g/mol. The van der Waals surface area contributed by atoms with Gasteiger partial charge in [-0.1, -0.05) is 0 Å².